The topological polar surface area (TPSA) is 27.6 Å². The van der Waals surface area contributed by atoms with Crippen LogP contribution in [-0.2, 0) is 6.42 Å². The van der Waals surface area contributed by atoms with Crippen molar-refractivity contribution in [1.82, 2.24) is 10.3 Å². The normalized spacial score (nSPS) is 24.7. The minimum Gasteiger partial charge on any atom is -0.331 e. The predicted octanol–water partition coefficient (Wildman–Crippen LogP) is 6.62. The highest BCUT2D eigenvalue weighted by Crippen LogP contribution is 2.43. The third-order valence-corrected chi connectivity index (χ3v) is 6.34. The molecule has 30 heavy (non-hydrogen) atoms. The summed E-state index contributed by atoms with van der Waals surface area (Å²) in [6.07, 6.45) is 13.2. The van der Waals surface area contributed by atoms with Gasteiger partial charge in [0.2, 0.25) is 0 Å². The van der Waals surface area contributed by atoms with Crippen LogP contribution in [0.3, 0.4) is 0 Å². The lowest BCUT2D eigenvalue weighted by Crippen LogP contribution is -2.34. The smallest absolute Gasteiger partial charge is 0.123 e. The van der Waals surface area contributed by atoms with Gasteiger partial charge in [-0.1, -0.05) is 75.0 Å². The molecule has 2 atom stereocenters. The quantitative estimate of drug-likeness (QED) is 0.500. The summed E-state index contributed by atoms with van der Waals surface area (Å²) >= 11 is 6.05. The highest BCUT2D eigenvalue weighted by Gasteiger charge is 2.39. The number of likely N-dealkylation sites (tertiary alicyclic amines) is 1. The molecule has 2 aliphatic heterocycles. The summed E-state index contributed by atoms with van der Waals surface area (Å²) < 4.78 is 0. The van der Waals surface area contributed by atoms with E-state index in [0.29, 0.717) is 0 Å². The molecule has 0 bridgehead atoms. The molecule has 0 amide bonds. The van der Waals surface area contributed by atoms with E-state index in [1.54, 1.807) is 0 Å². The third kappa shape index (κ3) is 4.62. The van der Waals surface area contributed by atoms with Gasteiger partial charge in [-0.3, -0.25) is 5.43 Å². The van der Waals surface area contributed by atoms with Crippen molar-refractivity contribution in [2.75, 3.05) is 6.54 Å². The van der Waals surface area contributed by atoms with Crippen LogP contribution < -0.4 is 5.43 Å². The van der Waals surface area contributed by atoms with Gasteiger partial charge in [0.05, 0.1) is 5.71 Å². The van der Waals surface area contributed by atoms with Gasteiger partial charge in [0.15, 0.2) is 0 Å². The average molecular weight is 422 g/mol. The Labute approximate surface area is 186 Å². The molecule has 0 spiro atoms. The van der Waals surface area contributed by atoms with Gasteiger partial charge >= 0.3 is 0 Å². The van der Waals surface area contributed by atoms with Gasteiger partial charge in [-0.05, 0) is 55.5 Å². The number of nitrogens with one attached hydrogen (secondary N) is 1. The average Bonchev–Trinajstić information content (AvgIpc) is 3.03. The summed E-state index contributed by atoms with van der Waals surface area (Å²) in [5, 5.41) is 5.53. The van der Waals surface area contributed by atoms with Crippen molar-refractivity contribution in [1.29, 1.82) is 0 Å². The molecule has 0 aliphatic carbocycles. The number of benzene rings is 1. The van der Waals surface area contributed by atoms with Gasteiger partial charge in [0, 0.05) is 28.6 Å². The Balaban J connectivity index is 1.78. The van der Waals surface area contributed by atoms with Crippen molar-refractivity contribution in [2.24, 2.45) is 16.4 Å². The molecule has 3 nitrogen and oxygen atoms in total. The zero-order chi connectivity index (χ0) is 21.7. The summed E-state index contributed by atoms with van der Waals surface area (Å²) in [6.45, 7) is 15.8. The maximum absolute atomic E-state index is 6.05. The predicted molar refractivity (Wildman–Crippen MR) is 129 cm³/mol. The van der Waals surface area contributed by atoms with E-state index >= 15 is 0 Å². The summed E-state index contributed by atoms with van der Waals surface area (Å²) in [5.74, 6) is 1.29. The van der Waals surface area contributed by atoms with Crippen molar-refractivity contribution in [3.05, 3.63) is 95.5 Å². The van der Waals surface area contributed by atoms with Crippen molar-refractivity contribution in [3.63, 3.8) is 0 Å². The Morgan fingerprint density at radius 3 is 2.73 bits per heavy atom. The van der Waals surface area contributed by atoms with Crippen molar-refractivity contribution < 1.29 is 0 Å². The van der Waals surface area contributed by atoms with E-state index in [0.717, 1.165) is 53.6 Å². The first-order chi connectivity index (χ1) is 14.4. The van der Waals surface area contributed by atoms with E-state index < -0.39 is 0 Å². The molecular weight excluding hydrogens is 390 g/mol. The second-order valence-electron chi connectivity index (χ2n) is 8.25. The highest BCUT2D eigenvalue weighted by atomic mass is 35.5. The van der Waals surface area contributed by atoms with Crippen LogP contribution in [0.25, 0.3) is 0 Å². The lowest BCUT2D eigenvalue weighted by atomic mass is 9.80. The van der Waals surface area contributed by atoms with Gasteiger partial charge in [0.1, 0.15) is 5.82 Å². The molecule has 4 heteroatoms. The van der Waals surface area contributed by atoms with Gasteiger partial charge in [-0.15, -0.1) is 0 Å². The first-order valence-electron chi connectivity index (χ1n) is 10.6. The molecule has 3 rings (SSSR count). The Hall–Kier alpha value is -2.52. The molecule has 0 radical (unpaired) electrons. The summed E-state index contributed by atoms with van der Waals surface area (Å²) in [5.41, 5.74) is 7.88. The molecule has 1 saturated heterocycles. The number of hydrogen-bond acceptors (Lipinski definition) is 3. The van der Waals surface area contributed by atoms with Crippen LogP contribution >= 0.6 is 11.6 Å². The fraction of sp³-hybridized carbons (Fsp3) is 0.346. The number of hydrogen-bond donors (Lipinski definition) is 1. The number of allylic oxidation sites excluding steroid dienone is 7. The monoisotopic (exact) mass is 421 g/mol. The molecule has 0 aromatic heterocycles. The fourth-order valence-corrected chi connectivity index (χ4v) is 4.38. The fourth-order valence-electron chi connectivity index (χ4n) is 4.25. The standard InChI is InChI=1S/C26H32ClN3/c1-6-9-22(10-7-2)25-21(8-3)17-24(28-29-25)30-16-15-26(5,19(30)4)18-20-11-13-23(27)14-12-20/h6-7,9-14,17,21,28H,1,4,8,15-16,18H2,2-3,5H3/b10-7-,22-9+. The summed E-state index contributed by atoms with van der Waals surface area (Å²) in [7, 11) is 0. The van der Waals surface area contributed by atoms with Crippen molar-refractivity contribution >= 4 is 17.3 Å². The van der Waals surface area contributed by atoms with Gasteiger partial charge in [0.25, 0.3) is 0 Å². The zero-order valence-electron chi connectivity index (χ0n) is 18.3. The number of nitrogens with zero attached hydrogens (tertiary/aromatic N) is 2. The molecule has 2 unspecified atom stereocenters. The molecule has 1 aromatic rings. The molecule has 2 heterocycles. The van der Waals surface area contributed by atoms with E-state index in [9.17, 15) is 0 Å². The van der Waals surface area contributed by atoms with Gasteiger partial charge < -0.3 is 4.90 Å². The van der Waals surface area contributed by atoms with Crippen LogP contribution in [0.4, 0.5) is 0 Å². The lowest BCUT2D eigenvalue weighted by molar-refractivity contribution is 0.386. The minimum absolute atomic E-state index is 0.0148. The summed E-state index contributed by atoms with van der Waals surface area (Å²) in [6, 6.07) is 8.14. The van der Waals surface area contributed by atoms with E-state index in [4.69, 9.17) is 16.7 Å². The molecule has 1 fully saturated rings. The molecule has 158 valence electrons. The van der Waals surface area contributed by atoms with E-state index in [-0.39, 0.29) is 11.3 Å². The first-order valence-corrected chi connectivity index (χ1v) is 11.0. The second kappa shape index (κ2) is 9.53. The van der Waals surface area contributed by atoms with Crippen molar-refractivity contribution in [3.8, 4) is 0 Å². The second-order valence-corrected chi connectivity index (χ2v) is 8.68. The maximum atomic E-state index is 6.05. The summed E-state index contributed by atoms with van der Waals surface area (Å²) in [4.78, 5) is 2.30. The number of halogens is 1. The first kappa shape index (κ1) is 22.2. The number of hydrazone groups is 1. The van der Waals surface area contributed by atoms with E-state index in [2.05, 4.69) is 61.6 Å². The maximum Gasteiger partial charge on any atom is 0.123 e. The van der Waals surface area contributed by atoms with Gasteiger partial charge in [-0.25, -0.2) is 0 Å². The number of rotatable bonds is 7. The largest absolute Gasteiger partial charge is 0.331 e. The van der Waals surface area contributed by atoms with Crippen LogP contribution in [-0.4, -0.2) is 17.2 Å². The van der Waals surface area contributed by atoms with Crippen LogP contribution in [0.15, 0.2) is 90.0 Å². The van der Waals surface area contributed by atoms with Crippen LogP contribution in [0.2, 0.25) is 5.02 Å². The molecule has 1 aromatic carbocycles. The molecule has 0 saturated carbocycles. The Morgan fingerprint density at radius 2 is 2.10 bits per heavy atom. The molecular formula is C26H32ClN3. The Bertz CT molecular complexity index is 920. The van der Waals surface area contributed by atoms with E-state index in [1.165, 1.54) is 5.56 Å². The lowest BCUT2D eigenvalue weighted by Gasteiger charge is -2.32. The highest BCUT2D eigenvalue weighted by molar-refractivity contribution is 6.30. The van der Waals surface area contributed by atoms with Crippen molar-refractivity contribution in [2.45, 2.75) is 40.0 Å². The molecule has 1 N–H and O–H groups in total. The Kier molecular flexibility index (Phi) is 7.04. The van der Waals surface area contributed by atoms with Crippen LogP contribution in [0.1, 0.15) is 39.2 Å². The molecule has 2 aliphatic rings. The SMILES string of the molecule is C=C/C=C(\C=C/C)C1=NNC(N2CCC(C)(Cc3ccc(Cl)cc3)C2=C)=CC1CC. The minimum atomic E-state index is 0.0148. The van der Waals surface area contributed by atoms with E-state index in [1.807, 2.05) is 37.3 Å². The third-order valence-electron chi connectivity index (χ3n) is 6.09. The van der Waals surface area contributed by atoms with Crippen LogP contribution in [0.5, 0.6) is 0 Å². The van der Waals surface area contributed by atoms with Crippen LogP contribution in [0, 0.1) is 11.3 Å². The van der Waals surface area contributed by atoms with Gasteiger partial charge in [-0.2, -0.15) is 5.10 Å². The zero-order valence-corrected chi connectivity index (χ0v) is 19.0. The Morgan fingerprint density at radius 1 is 1.37 bits per heavy atom.